The number of aromatic nitrogens is 3. The minimum atomic E-state index is -0.340. The zero-order valence-corrected chi connectivity index (χ0v) is 19.5. The van der Waals surface area contributed by atoms with E-state index in [0.29, 0.717) is 11.4 Å². The normalized spacial score (nSPS) is 11.7. The van der Waals surface area contributed by atoms with Gasteiger partial charge < -0.3 is 9.84 Å². The molecule has 0 saturated heterocycles. The molecule has 4 rings (SSSR count). The van der Waals surface area contributed by atoms with Crippen LogP contribution in [0.15, 0.2) is 64.4 Å². The number of hydrogen-bond acceptors (Lipinski definition) is 6. The molecule has 4 aromatic rings. The number of esters is 1. The molecule has 0 aliphatic rings. The first-order valence-corrected chi connectivity index (χ1v) is 11.1. The Morgan fingerprint density at radius 1 is 0.969 bits per heavy atom. The van der Waals surface area contributed by atoms with Crippen LogP contribution >= 0.6 is 11.8 Å². The van der Waals surface area contributed by atoms with E-state index in [1.54, 1.807) is 23.9 Å². The summed E-state index contributed by atoms with van der Waals surface area (Å²) in [5.41, 5.74) is 3.76. The average molecular weight is 448 g/mol. The Labute approximate surface area is 191 Å². The molecule has 32 heavy (non-hydrogen) atoms. The molecule has 0 radical (unpaired) electrons. The third-order valence-electron chi connectivity index (χ3n) is 4.93. The van der Waals surface area contributed by atoms with Crippen LogP contribution in [0, 0.1) is 6.92 Å². The average Bonchev–Trinajstić information content (AvgIpc) is 3.13. The molecule has 0 aliphatic carbocycles. The number of carbonyl (C=O) groups is 1. The van der Waals surface area contributed by atoms with E-state index in [1.165, 1.54) is 11.7 Å². The van der Waals surface area contributed by atoms with Gasteiger partial charge in [0.05, 0.1) is 0 Å². The second-order valence-electron chi connectivity index (χ2n) is 8.74. The first-order valence-electron chi connectivity index (χ1n) is 10.3. The predicted molar refractivity (Wildman–Crippen MR) is 126 cm³/mol. The number of benzene rings is 3. The molecular weight excluding hydrogens is 422 g/mol. The summed E-state index contributed by atoms with van der Waals surface area (Å²) < 4.78 is 5.08. The van der Waals surface area contributed by atoms with E-state index in [2.05, 4.69) is 31.0 Å². The monoisotopic (exact) mass is 447 g/mol. The quantitative estimate of drug-likeness (QED) is 0.314. The lowest BCUT2D eigenvalue weighted by molar-refractivity contribution is -0.131. The van der Waals surface area contributed by atoms with Gasteiger partial charge in [0.2, 0.25) is 0 Å². The van der Waals surface area contributed by atoms with Crippen molar-refractivity contribution in [3.63, 3.8) is 0 Å². The van der Waals surface area contributed by atoms with E-state index >= 15 is 0 Å². The summed E-state index contributed by atoms with van der Waals surface area (Å²) in [7, 11) is 0. The molecule has 0 aliphatic heterocycles. The van der Waals surface area contributed by atoms with Gasteiger partial charge in [-0.15, -0.1) is 15.0 Å². The van der Waals surface area contributed by atoms with Crippen LogP contribution in [0.3, 0.4) is 0 Å². The Bertz CT molecular complexity index is 1300. The van der Waals surface area contributed by atoms with Crippen LogP contribution in [0.1, 0.15) is 38.8 Å². The molecule has 1 N–H and O–H groups in total. The summed E-state index contributed by atoms with van der Waals surface area (Å²) >= 11 is 1.58. The van der Waals surface area contributed by atoms with Crippen LogP contribution in [0.2, 0.25) is 0 Å². The maximum atomic E-state index is 11.1. The third kappa shape index (κ3) is 4.62. The van der Waals surface area contributed by atoms with Crippen LogP contribution in [0.4, 0.5) is 0 Å². The van der Waals surface area contributed by atoms with Gasteiger partial charge in [-0.1, -0.05) is 38.6 Å². The van der Waals surface area contributed by atoms with Gasteiger partial charge in [-0.05, 0) is 66.4 Å². The summed E-state index contributed by atoms with van der Waals surface area (Å²) in [5, 5.41) is 20.1. The number of rotatable bonds is 4. The number of aryl methyl sites for hydroxylation is 1. The topological polar surface area (TPSA) is 77.2 Å². The molecule has 0 amide bonds. The van der Waals surface area contributed by atoms with Gasteiger partial charge in [0.1, 0.15) is 28.2 Å². The highest BCUT2D eigenvalue weighted by atomic mass is 32.2. The first kappa shape index (κ1) is 21.9. The number of nitrogens with zero attached hydrogens (tertiary/aromatic N) is 3. The SMILES string of the molecule is CC(=O)Oc1ccc(Sc2ccc3nn(-c4cc(C)cc(C(C)(C)C)c4O)nc3c2)cc1. The van der Waals surface area contributed by atoms with Crippen molar-refractivity contribution in [2.75, 3.05) is 0 Å². The van der Waals surface area contributed by atoms with E-state index in [4.69, 9.17) is 4.74 Å². The van der Waals surface area contributed by atoms with Gasteiger partial charge in [-0.25, -0.2) is 0 Å². The second kappa shape index (κ2) is 8.31. The van der Waals surface area contributed by atoms with Crippen LogP contribution in [0.25, 0.3) is 16.7 Å². The van der Waals surface area contributed by atoms with Gasteiger partial charge >= 0.3 is 5.97 Å². The molecular formula is C25H25N3O3S. The Morgan fingerprint density at radius 2 is 1.62 bits per heavy atom. The Balaban J connectivity index is 1.64. The number of phenolic OH excluding ortho intramolecular Hbond substituents is 1. The summed E-state index contributed by atoms with van der Waals surface area (Å²) in [5.74, 6) is 0.381. The lowest BCUT2D eigenvalue weighted by Crippen LogP contribution is -2.13. The fourth-order valence-corrected chi connectivity index (χ4v) is 4.28. The fourth-order valence-electron chi connectivity index (χ4n) is 3.43. The van der Waals surface area contributed by atoms with E-state index in [-0.39, 0.29) is 17.1 Å². The molecule has 0 bridgehead atoms. The van der Waals surface area contributed by atoms with E-state index in [1.807, 2.05) is 49.4 Å². The third-order valence-corrected chi connectivity index (χ3v) is 5.93. The van der Waals surface area contributed by atoms with Crippen molar-refractivity contribution in [1.82, 2.24) is 15.0 Å². The van der Waals surface area contributed by atoms with Crippen LogP contribution in [-0.2, 0) is 10.2 Å². The number of ether oxygens (including phenoxy) is 1. The zero-order chi connectivity index (χ0) is 23.0. The number of fused-ring (bicyclic) bond motifs is 1. The summed E-state index contributed by atoms with van der Waals surface area (Å²) in [6.45, 7) is 9.59. The molecule has 0 fully saturated rings. The lowest BCUT2D eigenvalue weighted by Gasteiger charge is -2.22. The summed E-state index contributed by atoms with van der Waals surface area (Å²) in [6.07, 6.45) is 0. The lowest BCUT2D eigenvalue weighted by atomic mass is 9.85. The highest BCUT2D eigenvalue weighted by Crippen LogP contribution is 2.36. The molecule has 164 valence electrons. The molecule has 7 heteroatoms. The van der Waals surface area contributed by atoms with Crippen molar-refractivity contribution in [3.05, 3.63) is 65.7 Å². The summed E-state index contributed by atoms with van der Waals surface area (Å²) in [4.78, 5) is 14.6. The molecule has 3 aromatic carbocycles. The molecule has 6 nitrogen and oxygen atoms in total. The number of phenols is 1. The Kier molecular flexibility index (Phi) is 5.69. The Hall–Kier alpha value is -3.32. The standard InChI is InChI=1S/C25H25N3O3S/c1-15-12-20(25(3,4)5)24(30)23(13-15)28-26-21-11-10-19(14-22(21)27-28)32-18-8-6-17(7-9-18)31-16(2)29/h6-14,30H,1-5H3. The largest absolute Gasteiger partial charge is 0.505 e. The van der Waals surface area contributed by atoms with Gasteiger partial charge in [-0.2, -0.15) is 0 Å². The second-order valence-corrected chi connectivity index (χ2v) is 9.88. The molecule has 0 unspecified atom stereocenters. The van der Waals surface area contributed by atoms with Crippen LogP contribution in [0.5, 0.6) is 11.5 Å². The van der Waals surface area contributed by atoms with Gasteiger partial charge in [0.15, 0.2) is 0 Å². The van der Waals surface area contributed by atoms with Crippen molar-refractivity contribution in [3.8, 4) is 17.2 Å². The van der Waals surface area contributed by atoms with Gasteiger partial charge in [0.25, 0.3) is 0 Å². The molecule has 1 heterocycles. The number of aromatic hydroxyl groups is 1. The molecule has 1 aromatic heterocycles. The number of hydrogen-bond donors (Lipinski definition) is 1. The van der Waals surface area contributed by atoms with Crippen LogP contribution < -0.4 is 4.74 Å². The minimum Gasteiger partial charge on any atom is -0.505 e. The Morgan fingerprint density at radius 3 is 2.28 bits per heavy atom. The minimum absolute atomic E-state index is 0.200. The van der Waals surface area contributed by atoms with Crippen molar-refractivity contribution in [1.29, 1.82) is 0 Å². The smallest absolute Gasteiger partial charge is 0.308 e. The number of carbonyl (C=O) groups excluding carboxylic acids is 1. The van der Waals surface area contributed by atoms with E-state index in [0.717, 1.165) is 32.0 Å². The molecule has 0 spiro atoms. The van der Waals surface area contributed by atoms with Crippen molar-refractivity contribution in [2.45, 2.75) is 49.8 Å². The molecule has 0 atom stereocenters. The molecule has 0 saturated carbocycles. The van der Waals surface area contributed by atoms with Gasteiger partial charge in [0, 0.05) is 22.3 Å². The van der Waals surface area contributed by atoms with Crippen LogP contribution in [-0.4, -0.2) is 26.1 Å². The van der Waals surface area contributed by atoms with E-state index in [9.17, 15) is 9.90 Å². The van der Waals surface area contributed by atoms with Crippen molar-refractivity contribution in [2.24, 2.45) is 0 Å². The predicted octanol–water partition coefficient (Wildman–Crippen LogP) is 5.81. The van der Waals surface area contributed by atoms with Crippen molar-refractivity contribution >= 4 is 28.8 Å². The summed E-state index contributed by atoms with van der Waals surface area (Å²) in [6, 6.07) is 17.1. The maximum Gasteiger partial charge on any atom is 0.308 e. The first-order chi connectivity index (χ1) is 15.1. The van der Waals surface area contributed by atoms with Crippen molar-refractivity contribution < 1.29 is 14.6 Å². The fraction of sp³-hybridized carbons (Fsp3) is 0.240. The van der Waals surface area contributed by atoms with E-state index < -0.39 is 0 Å². The highest BCUT2D eigenvalue weighted by Gasteiger charge is 2.22. The highest BCUT2D eigenvalue weighted by molar-refractivity contribution is 7.99. The zero-order valence-electron chi connectivity index (χ0n) is 18.7. The maximum absolute atomic E-state index is 11.1. The van der Waals surface area contributed by atoms with Gasteiger partial charge in [-0.3, -0.25) is 4.79 Å².